The van der Waals surface area contributed by atoms with Crippen LogP contribution in [0.3, 0.4) is 0 Å². The van der Waals surface area contributed by atoms with E-state index in [0.717, 1.165) is 0 Å². The Hall–Kier alpha value is -2.80. The maximum atomic E-state index is 11.7. The van der Waals surface area contributed by atoms with E-state index in [0.29, 0.717) is 11.1 Å². The van der Waals surface area contributed by atoms with Crippen molar-refractivity contribution < 1.29 is 9.72 Å². The Morgan fingerprint density at radius 2 is 2.24 bits per heavy atom. The average Bonchev–Trinajstić information content (AvgIpc) is 2.49. The number of carbonyl (C=O) groups excluding carboxylic acids is 1. The molecule has 1 aromatic carbocycles. The second-order valence-electron chi connectivity index (χ2n) is 3.91. The topological polar surface area (TPSA) is 97.5 Å². The summed E-state index contributed by atoms with van der Waals surface area (Å²) in [4.78, 5) is 25.6. The van der Waals surface area contributed by atoms with Gasteiger partial charge in [0.15, 0.2) is 0 Å². The van der Waals surface area contributed by atoms with Crippen LogP contribution < -0.4 is 5.43 Å². The second-order valence-corrected chi connectivity index (χ2v) is 4.32. The molecule has 0 unspecified atom stereocenters. The molecule has 1 N–H and O–H groups in total. The molecule has 21 heavy (non-hydrogen) atoms. The van der Waals surface area contributed by atoms with E-state index in [1.807, 2.05) is 0 Å². The molecule has 2 rings (SSSR count). The van der Waals surface area contributed by atoms with Crippen molar-refractivity contribution in [2.24, 2.45) is 5.10 Å². The lowest BCUT2D eigenvalue weighted by atomic mass is 10.2. The Kier molecular flexibility index (Phi) is 4.57. The molecule has 0 aliphatic heterocycles. The van der Waals surface area contributed by atoms with Crippen LogP contribution >= 0.6 is 11.6 Å². The SMILES string of the molecule is O=C(N/N=C\c1ccc(Cl)c([N+](=O)[O-])c1)c1cccnc1. The molecule has 7 nitrogen and oxygen atoms in total. The van der Waals surface area contributed by atoms with E-state index in [-0.39, 0.29) is 10.7 Å². The van der Waals surface area contributed by atoms with Gasteiger partial charge in [-0.2, -0.15) is 5.10 Å². The molecule has 106 valence electrons. The lowest BCUT2D eigenvalue weighted by molar-refractivity contribution is -0.384. The van der Waals surface area contributed by atoms with Gasteiger partial charge in [0.1, 0.15) is 5.02 Å². The van der Waals surface area contributed by atoms with Gasteiger partial charge in [-0.3, -0.25) is 19.9 Å². The number of carbonyl (C=O) groups is 1. The van der Waals surface area contributed by atoms with E-state index in [1.165, 1.54) is 24.5 Å². The van der Waals surface area contributed by atoms with Crippen LogP contribution in [0.25, 0.3) is 0 Å². The van der Waals surface area contributed by atoms with E-state index in [1.54, 1.807) is 24.4 Å². The summed E-state index contributed by atoms with van der Waals surface area (Å²) in [5, 5.41) is 14.5. The Morgan fingerprint density at radius 3 is 2.90 bits per heavy atom. The van der Waals surface area contributed by atoms with E-state index in [2.05, 4.69) is 15.5 Å². The minimum atomic E-state index is -0.589. The monoisotopic (exact) mass is 304 g/mol. The molecule has 0 radical (unpaired) electrons. The number of nitro benzene ring substituents is 1. The quantitative estimate of drug-likeness (QED) is 0.533. The van der Waals surface area contributed by atoms with Gasteiger partial charge in [0.2, 0.25) is 0 Å². The number of nitrogens with zero attached hydrogens (tertiary/aromatic N) is 3. The smallest absolute Gasteiger partial charge is 0.267 e. The summed E-state index contributed by atoms with van der Waals surface area (Å²) in [7, 11) is 0. The molecule has 0 fully saturated rings. The Bertz CT molecular complexity index is 704. The van der Waals surface area contributed by atoms with Crippen molar-refractivity contribution in [3.05, 3.63) is 69.0 Å². The van der Waals surface area contributed by atoms with Gasteiger partial charge in [-0.1, -0.05) is 17.7 Å². The van der Waals surface area contributed by atoms with E-state index < -0.39 is 10.8 Å². The molecule has 1 heterocycles. The van der Waals surface area contributed by atoms with Crippen LogP contribution in [0, 0.1) is 10.1 Å². The maximum absolute atomic E-state index is 11.7. The fourth-order valence-electron chi connectivity index (χ4n) is 1.48. The predicted molar refractivity (Wildman–Crippen MR) is 77.4 cm³/mol. The van der Waals surface area contributed by atoms with Gasteiger partial charge >= 0.3 is 0 Å². The molecule has 2 aromatic rings. The lowest BCUT2D eigenvalue weighted by Gasteiger charge is -1.99. The summed E-state index contributed by atoms with van der Waals surface area (Å²) < 4.78 is 0. The first-order valence-electron chi connectivity index (χ1n) is 5.75. The zero-order valence-electron chi connectivity index (χ0n) is 10.6. The first kappa shape index (κ1) is 14.6. The minimum absolute atomic E-state index is 0.0385. The number of aromatic nitrogens is 1. The molecule has 1 amide bonds. The zero-order chi connectivity index (χ0) is 15.2. The third-order valence-electron chi connectivity index (χ3n) is 2.47. The fraction of sp³-hybridized carbons (Fsp3) is 0. The number of hydrazone groups is 1. The van der Waals surface area contributed by atoms with E-state index in [4.69, 9.17) is 11.6 Å². The van der Waals surface area contributed by atoms with Crippen molar-refractivity contribution in [2.45, 2.75) is 0 Å². The van der Waals surface area contributed by atoms with Crippen LogP contribution in [0.4, 0.5) is 5.69 Å². The van der Waals surface area contributed by atoms with Crippen LogP contribution in [-0.2, 0) is 0 Å². The molecular formula is C13H9ClN4O3. The number of amides is 1. The van der Waals surface area contributed by atoms with Gasteiger partial charge in [-0.05, 0) is 18.2 Å². The molecule has 0 saturated heterocycles. The second kappa shape index (κ2) is 6.58. The zero-order valence-corrected chi connectivity index (χ0v) is 11.3. The number of nitrogens with one attached hydrogen (secondary N) is 1. The summed E-state index contributed by atoms with van der Waals surface area (Å²) in [6.07, 6.45) is 4.24. The van der Waals surface area contributed by atoms with Crippen molar-refractivity contribution in [3.8, 4) is 0 Å². The van der Waals surface area contributed by atoms with Crippen molar-refractivity contribution in [1.82, 2.24) is 10.4 Å². The summed E-state index contributed by atoms with van der Waals surface area (Å²) in [6.45, 7) is 0. The highest BCUT2D eigenvalue weighted by molar-refractivity contribution is 6.32. The third-order valence-corrected chi connectivity index (χ3v) is 2.79. The summed E-state index contributed by atoms with van der Waals surface area (Å²) in [5.41, 5.74) is 2.88. The predicted octanol–water partition coefficient (Wildman–Crippen LogP) is 2.41. The van der Waals surface area contributed by atoms with Crippen LogP contribution in [0.15, 0.2) is 47.8 Å². The Labute approximate surface area is 124 Å². The highest BCUT2D eigenvalue weighted by atomic mass is 35.5. The molecule has 0 bridgehead atoms. The summed E-state index contributed by atoms with van der Waals surface area (Å²) >= 11 is 5.69. The Morgan fingerprint density at radius 1 is 1.43 bits per heavy atom. The van der Waals surface area contributed by atoms with Gasteiger partial charge < -0.3 is 0 Å². The minimum Gasteiger partial charge on any atom is -0.267 e. The summed E-state index contributed by atoms with van der Waals surface area (Å²) in [6, 6.07) is 7.42. The van der Waals surface area contributed by atoms with Crippen molar-refractivity contribution in [2.75, 3.05) is 0 Å². The Balaban J connectivity index is 2.07. The summed E-state index contributed by atoms with van der Waals surface area (Å²) in [5.74, 6) is -0.428. The fourth-order valence-corrected chi connectivity index (χ4v) is 1.66. The number of rotatable bonds is 4. The number of hydrogen-bond acceptors (Lipinski definition) is 5. The van der Waals surface area contributed by atoms with Crippen molar-refractivity contribution in [1.29, 1.82) is 0 Å². The van der Waals surface area contributed by atoms with Crippen LogP contribution in [-0.4, -0.2) is 22.0 Å². The number of benzene rings is 1. The normalized spacial score (nSPS) is 10.5. The van der Waals surface area contributed by atoms with Crippen LogP contribution in [0.2, 0.25) is 5.02 Å². The molecule has 0 aliphatic carbocycles. The van der Waals surface area contributed by atoms with Crippen molar-refractivity contribution in [3.63, 3.8) is 0 Å². The third kappa shape index (κ3) is 3.83. The van der Waals surface area contributed by atoms with Gasteiger partial charge in [0.05, 0.1) is 16.7 Å². The van der Waals surface area contributed by atoms with Crippen LogP contribution in [0.5, 0.6) is 0 Å². The van der Waals surface area contributed by atoms with E-state index in [9.17, 15) is 14.9 Å². The molecule has 0 aliphatic rings. The van der Waals surface area contributed by atoms with Gasteiger partial charge in [-0.25, -0.2) is 5.43 Å². The molecule has 0 spiro atoms. The highest BCUT2D eigenvalue weighted by Crippen LogP contribution is 2.24. The number of pyridine rings is 1. The largest absolute Gasteiger partial charge is 0.288 e. The molecular weight excluding hydrogens is 296 g/mol. The van der Waals surface area contributed by atoms with Crippen molar-refractivity contribution >= 4 is 29.4 Å². The maximum Gasteiger partial charge on any atom is 0.288 e. The molecule has 0 saturated carbocycles. The number of halogens is 1. The first-order chi connectivity index (χ1) is 10.1. The van der Waals surface area contributed by atoms with Gasteiger partial charge in [-0.15, -0.1) is 0 Å². The van der Waals surface area contributed by atoms with Crippen LogP contribution in [0.1, 0.15) is 15.9 Å². The molecule has 0 atom stereocenters. The highest BCUT2D eigenvalue weighted by Gasteiger charge is 2.11. The number of nitro groups is 1. The molecule has 8 heteroatoms. The van der Waals surface area contributed by atoms with E-state index >= 15 is 0 Å². The average molecular weight is 305 g/mol. The standard InChI is InChI=1S/C13H9ClN4O3/c14-11-4-3-9(6-12(11)18(20)21)7-16-17-13(19)10-2-1-5-15-8-10/h1-8H,(H,17,19)/b16-7-. The van der Waals surface area contributed by atoms with Gasteiger partial charge in [0, 0.05) is 24.0 Å². The molecule has 1 aromatic heterocycles. The lowest BCUT2D eigenvalue weighted by Crippen LogP contribution is -2.17. The van der Waals surface area contributed by atoms with Gasteiger partial charge in [0.25, 0.3) is 11.6 Å². The number of hydrogen-bond donors (Lipinski definition) is 1. The first-order valence-corrected chi connectivity index (χ1v) is 6.13.